The van der Waals surface area contributed by atoms with Crippen LogP contribution in [0.3, 0.4) is 0 Å². The summed E-state index contributed by atoms with van der Waals surface area (Å²) >= 11 is 1.52. The highest BCUT2D eigenvalue weighted by atomic mass is 32.1. The second-order valence-electron chi connectivity index (χ2n) is 7.21. The first-order valence-electron chi connectivity index (χ1n) is 9.84. The van der Waals surface area contributed by atoms with Gasteiger partial charge in [0.1, 0.15) is 5.70 Å². The molecule has 0 radical (unpaired) electrons. The van der Waals surface area contributed by atoms with Gasteiger partial charge in [-0.2, -0.15) is 0 Å². The normalized spacial score (nSPS) is 18.5. The lowest BCUT2D eigenvalue weighted by molar-refractivity contribution is -0.137. The molecule has 0 N–H and O–H groups in total. The maximum absolute atomic E-state index is 13.1. The van der Waals surface area contributed by atoms with Crippen LogP contribution in [0.4, 0.5) is 0 Å². The van der Waals surface area contributed by atoms with Crippen molar-refractivity contribution in [2.75, 3.05) is 32.7 Å². The van der Waals surface area contributed by atoms with E-state index >= 15 is 0 Å². The summed E-state index contributed by atoms with van der Waals surface area (Å²) < 4.78 is 0. The molecule has 2 aliphatic rings. The standard InChI is InChI=1S/C22H25N3O2S/c1-2-10-25-21(26)19(18-9-6-15-28-18)20(22(25)27)24-13-11-23(12-14-24)16-17-7-4-3-5-8-17/h3-9,15H,2,10-14,16H2,1H3. The zero-order valence-electron chi connectivity index (χ0n) is 16.1. The molecule has 28 heavy (non-hydrogen) atoms. The lowest BCUT2D eigenvalue weighted by Gasteiger charge is -2.36. The Morgan fingerprint density at radius 2 is 1.68 bits per heavy atom. The van der Waals surface area contributed by atoms with Crippen LogP contribution >= 0.6 is 11.3 Å². The Labute approximate surface area is 169 Å². The average Bonchev–Trinajstić information content (AvgIpc) is 3.32. The lowest BCUT2D eigenvalue weighted by atomic mass is 10.1. The first kappa shape index (κ1) is 18.9. The monoisotopic (exact) mass is 395 g/mol. The van der Waals surface area contributed by atoms with Crippen LogP contribution in [0, 0.1) is 0 Å². The van der Waals surface area contributed by atoms with E-state index in [-0.39, 0.29) is 11.8 Å². The van der Waals surface area contributed by atoms with E-state index in [0.29, 0.717) is 17.8 Å². The molecule has 0 unspecified atom stereocenters. The van der Waals surface area contributed by atoms with Crippen molar-refractivity contribution in [2.24, 2.45) is 0 Å². The molecular weight excluding hydrogens is 370 g/mol. The fourth-order valence-corrected chi connectivity index (χ4v) is 4.66. The van der Waals surface area contributed by atoms with Gasteiger partial charge in [0, 0.05) is 44.1 Å². The van der Waals surface area contributed by atoms with Crippen LogP contribution in [0.25, 0.3) is 5.57 Å². The molecule has 2 aliphatic heterocycles. The molecule has 2 aromatic rings. The zero-order valence-corrected chi connectivity index (χ0v) is 17.0. The van der Waals surface area contributed by atoms with Crippen molar-refractivity contribution in [1.82, 2.24) is 14.7 Å². The number of carbonyl (C=O) groups excluding carboxylic acids is 2. The smallest absolute Gasteiger partial charge is 0.277 e. The van der Waals surface area contributed by atoms with Crippen LogP contribution < -0.4 is 0 Å². The minimum absolute atomic E-state index is 0.133. The fraction of sp³-hybridized carbons (Fsp3) is 0.364. The van der Waals surface area contributed by atoms with E-state index in [9.17, 15) is 9.59 Å². The molecule has 1 aromatic carbocycles. The van der Waals surface area contributed by atoms with Gasteiger partial charge in [-0.15, -0.1) is 11.3 Å². The molecule has 0 atom stereocenters. The molecule has 1 fully saturated rings. The molecule has 4 rings (SSSR count). The van der Waals surface area contributed by atoms with E-state index in [1.54, 1.807) is 0 Å². The Morgan fingerprint density at radius 1 is 0.929 bits per heavy atom. The first-order valence-corrected chi connectivity index (χ1v) is 10.7. The van der Waals surface area contributed by atoms with Gasteiger partial charge in [0.05, 0.1) is 5.57 Å². The SMILES string of the molecule is CCCN1C(=O)C(c2cccs2)=C(N2CCN(Cc3ccccc3)CC2)C1=O. The van der Waals surface area contributed by atoms with E-state index in [1.165, 1.54) is 21.8 Å². The minimum Gasteiger partial charge on any atom is -0.364 e. The average molecular weight is 396 g/mol. The molecule has 0 spiro atoms. The second kappa shape index (κ2) is 8.29. The summed E-state index contributed by atoms with van der Waals surface area (Å²) in [6, 6.07) is 14.3. The highest BCUT2D eigenvalue weighted by Gasteiger charge is 2.42. The second-order valence-corrected chi connectivity index (χ2v) is 8.16. The van der Waals surface area contributed by atoms with Gasteiger partial charge in [0.15, 0.2) is 0 Å². The Balaban J connectivity index is 1.53. The number of piperazine rings is 1. The quantitative estimate of drug-likeness (QED) is 0.705. The van der Waals surface area contributed by atoms with Crippen LogP contribution in [0.5, 0.6) is 0 Å². The van der Waals surface area contributed by atoms with Crippen molar-refractivity contribution in [3.05, 3.63) is 64.0 Å². The van der Waals surface area contributed by atoms with Crippen molar-refractivity contribution in [2.45, 2.75) is 19.9 Å². The molecule has 6 heteroatoms. The molecule has 1 aromatic heterocycles. The molecule has 2 amide bonds. The minimum atomic E-state index is -0.143. The van der Waals surface area contributed by atoms with Crippen LogP contribution in [0.15, 0.2) is 53.5 Å². The number of nitrogens with zero attached hydrogens (tertiary/aromatic N) is 3. The van der Waals surface area contributed by atoms with E-state index in [2.05, 4.69) is 34.1 Å². The van der Waals surface area contributed by atoms with Gasteiger partial charge in [-0.25, -0.2) is 0 Å². The van der Waals surface area contributed by atoms with Crippen molar-refractivity contribution in [3.63, 3.8) is 0 Å². The summed E-state index contributed by atoms with van der Waals surface area (Å²) in [7, 11) is 0. The zero-order chi connectivity index (χ0) is 19.5. The molecule has 0 aliphatic carbocycles. The number of carbonyl (C=O) groups is 2. The van der Waals surface area contributed by atoms with Crippen molar-refractivity contribution in [1.29, 1.82) is 0 Å². The summed E-state index contributed by atoms with van der Waals surface area (Å²) in [5, 5.41) is 1.96. The third-order valence-electron chi connectivity index (χ3n) is 5.30. The summed E-state index contributed by atoms with van der Waals surface area (Å²) in [5.41, 5.74) is 2.49. The Kier molecular flexibility index (Phi) is 5.59. The fourth-order valence-electron chi connectivity index (χ4n) is 3.90. The van der Waals surface area contributed by atoms with Gasteiger partial charge in [-0.1, -0.05) is 43.3 Å². The van der Waals surface area contributed by atoms with Gasteiger partial charge in [-0.3, -0.25) is 19.4 Å². The predicted molar refractivity (Wildman–Crippen MR) is 112 cm³/mol. The number of amides is 2. The summed E-state index contributed by atoms with van der Waals surface area (Å²) in [5.74, 6) is -0.275. The van der Waals surface area contributed by atoms with Gasteiger partial charge in [-0.05, 0) is 23.4 Å². The van der Waals surface area contributed by atoms with Gasteiger partial charge in [0.2, 0.25) is 0 Å². The van der Waals surface area contributed by atoms with Crippen LogP contribution in [-0.4, -0.2) is 59.2 Å². The lowest BCUT2D eigenvalue weighted by Crippen LogP contribution is -2.47. The summed E-state index contributed by atoms with van der Waals surface area (Å²) in [6.07, 6.45) is 0.771. The topological polar surface area (TPSA) is 43.9 Å². The molecule has 0 saturated carbocycles. The number of rotatable bonds is 6. The maximum atomic E-state index is 13.1. The maximum Gasteiger partial charge on any atom is 0.277 e. The van der Waals surface area contributed by atoms with Crippen LogP contribution in [-0.2, 0) is 16.1 Å². The predicted octanol–water partition coefficient (Wildman–Crippen LogP) is 3.06. The van der Waals surface area contributed by atoms with Gasteiger partial charge < -0.3 is 4.90 Å². The number of hydrogen-bond donors (Lipinski definition) is 0. The van der Waals surface area contributed by atoms with E-state index in [1.807, 2.05) is 30.5 Å². The number of hydrogen-bond acceptors (Lipinski definition) is 5. The largest absolute Gasteiger partial charge is 0.364 e. The van der Waals surface area contributed by atoms with Crippen molar-refractivity contribution < 1.29 is 9.59 Å². The number of benzene rings is 1. The van der Waals surface area contributed by atoms with E-state index < -0.39 is 0 Å². The Bertz CT molecular complexity index is 868. The Morgan fingerprint density at radius 3 is 2.32 bits per heavy atom. The molecular formula is C22H25N3O2S. The number of imide groups is 1. The molecule has 3 heterocycles. The summed E-state index contributed by atoms with van der Waals surface area (Å²) in [6.45, 7) is 6.67. The third-order valence-corrected chi connectivity index (χ3v) is 6.18. The van der Waals surface area contributed by atoms with Crippen molar-refractivity contribution in [3.8, 4) is 0 Å². The van der Waals surface area contributed by atoms with E-state index in [0.717, 1.165) is 44.0 Å². The van der Waals surface area contributed by atoms with Gasteiger partial charge in [0.25, 0.3) is 11.8 Å². The van der Waals surface area contributed by atoms with Gasteiger partial charge >= 0.3 is 0 Å². The number of thiophene rings is 1. The van der Waals surface area contributed by atoms with Crippen LogP contribution in [0.2, 0.25) is 0 Å². The Hall–Kier alpha value is -2.44. The van der Waals surface area contributed by atoms with Crippen LogP contribution in [0.1, 0.15) is 23.8 Å². The molecule has 5 nitrogen and oxygen atoms in total. The third kappa shape index (κ3) is 3.62. The molecule has 1 saturated heterocycles. The molecule has 146 valence electrons. The molecule has 0 bridgehead atoms. The highest BCUT2D eigenvalue weighted by Crippen LogP contribution is 2.34. The van der Waals surface area contributed by atoms with E-state index in [4.69, 9.17) is 0 Å². The summed E-state index contributed by atoms with van der Waals surface area (Å²) in [4.78, 5) is 32.9. The first-order chi connectivity index (χ1) is 13.7. The van der Waals surface area contributed by atoms with Crippen molar-refractivity contribution >= 4 is 28.7 Å². The highest BCUT2D eigenvalue weighted by molar-refractivity contribution is 7.11.